The first kappa shape index (κ1) is 30.1. The summed E-state index contributed by atoms with van der Waals surface area (Å²) in [5.41, 5.74) is 7.96. The van der Waals surface area contributed by atoms with E-state index in [0.29, 0.717) is 24.7 Å². The SMILES string of the molecule is COC(=O)CCCc1ccc(C2CCCCC2)c(-c2cc(CCCC(=O)OC)cc(OC)c2C2CCCCC2)c1. The molecule has 5 heteroatoms. The van der Waals surface area contributed by atoms with E-state index in [1.165, 1.54) is 112 Å². The van der Waals surface area contributed by atoms with Crippen LogP contribution in [0.25, 0.3) is 11.1 Å². The molecule has 0 amide bonds. The molecule has 2 fully saturated rings. The Balaban J connectivity index is 1.79. The Morgan fingerprint density at radius 1 is 0.675 bits per heavy atom. The predicted molar refractivity (Wildman–Crippen MR) is 160 cm³/mol. The monoisotopic (exact) mass is 548 g/mol. The summed E-state index contributed by atoms with van der Waals surface area (Å²) in [4.78, 5) is 23.6. The van der Waals surface area contributed by atoms with E-state index < -0.39 is 0 Å². The topological polar surface area (TPSA) is 61.8 Å². The molecule has 0 N–H and O–H groups in total. The Bertz CT molecular complexity index is 1120. The molecule has 40 heavy (non-hydrogen) atoms. The van der Waals surface area contributed by atoms with Crippen LogP contribution < -0.4 is 4.74 Å². The molecule has 5 nitrogen and oxygen atoms in total. The second-order valence-corrected chi connectivity index (χ2v) is 11.7. The maximum atomic E-state index is 11.8. The highest BCUT2D eigenvalue weighted by molar-refractivity contribution is 5.76. The Labute approximate surface area is 241 Å². The molecule has 0 aliphatic heterocycles. The van der Waals surface area contributed by atoms with Gasteiger partial charge >= 0.3 is 11.9 Å². The van der Waals surface area contributed by atoms with Gasteiger partial charge in [0.25, 0.3) is 0 Å². The van der Waals surface area contributed by atoms with Crippen LogP contribution in [0.5, 0.6) is 5.75 Å². The highest BCUT2D eigenvalue weighted by Gasteiger charge is 2.27. The minimum atomic E-state index is -0.162. The van der Waals surface area contributed by atoms with Crippen LogP contribution in [0.15, 0.2) is 30.3 Å². The van der Waals surface area contributed by atoms with Crippen molar-refractivity contribution in [1.29, 1.82) is 0 Å². The summed E-state index contributed by atoms with van der Waals surface area (Å²) < 4.78 is 15.9. The van der Waals surface area contributed by atoms with Crippen LogP contribution in [0.4, 0.5) is 0 Å². The number of ether oxygens (including phenoxy) is 3. The zero-order valence-corrected chi connectivity index (χ0v) is 24.9. The molecule has 4 rings (SSSR count). The molecule has 0 saturated heterocycles. The fourth-order valence-electron chi connectivity index (χ4n) is 6.87. The number of hydrogen-bond acceptors (Lipinski definition) is 5. The normalized spacial score (nSPS) is 16.5. The van der Waals surface area contributed by atoms with Gasteiger partial charge < -0.3 is 14.2 Å². The van der Waals surface area contributed by atoms with Crippen molar-refractivity contribution < 1.29 is 23.8 Å². The zero-order valence-electron chi connectivity index (χ0n) is 24.9. The van der Waals surface area contributed by atoms with Crippen molar-refractivity contribution in [3.8, 4) is 16.9 Å². The summed E-state index contributed by atoms with van der Waals surface area (Å²) >= 11 is 0. The van der Waals surface area contributed by atoms with Gasteiger partial charge in [-0.2, -0.15) is 0 Å². The number of benzene rings is 2. The van der Waals surface area contributed by atoms with Crippen LogP contribution >= 0.6 is 0 Å². The van der Waals surface area contributed by atoms with Crippen LogP contribution in [-0.2, 0) is 31.9 Å². The lowest BCUT2D eigenvalue weighted by atomic mass is 9.75. The maximum absolute atomic E-state index is 11.8. The minimum Gasteiger partial charge on any atom is -0.496 e. The summed E-state index contributed by atoms with van der Waals surface area (Å²) in [5, 5.41) is 0. The van der Waals surface area contributed by atoms with Gasteiger partial charge in [0.2, 0.25) is 0 Å². The first-order valence-electron chi connectivity index (χ1n) is 15.5. The molecule has 2 aliphatic rings. The van der Waals surface area contributed by atoms with Crippen LogP contribution in [-0.4, -0.2) is 33.3 Å². The van der Waals surface area contributed by atoms with E-state index in [-0.39, 0.29) is 11.9 Å². The third kappa shape index (κ3) is 7.89. The van der Waals surface area contributed by atoms with Crippen molar-refractivity contribution in [3.63, 3.8) is 0 Å². The summed E-state index contributed by atoms with van der Waals surface area (Å²) in [7, 11) is 4.71. The highest BCUT2D eigenvalue weighted by atomic mass is 16.5. The smallest absolute Gasteiger partial charge is 0.305 e. The van der Waals surface area contributed by atoms with E-state index in [9.17, 15) is 9.59 Å². The van der Waals surface area contributed by atoms with E-state index in [1.54, 1.807) is 7.11 Å². The van der Waals surface area contributed by atoms with E-state index >= 15 is 0 Å². The van der Waals surface area contributed by atoms with Gasteiger partial charge in [0.15, 0.2) is 0 Å². The summed E-state index contributed by atoms with van der Waals surface area (Å²) in [6, 6.07) is 11.7. The average Bonchev–Trinajstić information content (AvgIpc) is 3.01. The summed E-state index contributed by atoms with van der Waals surface area (Å²) in [6.45, 7) is 0. The number of methoxy groups -OCH3 is 3. The molecule has 0 bridgehead atoms. The van der Waals surface area contributed by atoms with Crippen LogP contribution in [0.2, 0.25) is 0 Å². The van der Waals surface area contributed by atoms with Gasteiger partial charge in [0.1, 0.15) is 5.75 Å². The number of rotatable bonds is 12. The molecule has 2 aliphatic carbocycles. The van der Waals surface area contributed by atoms with Gasteiger partial charge in [-0.1, -0.05) is 62.8 Å². The van der Waals surface area contributed by atoms with E-state index in [1.807, 2.05) is 0 Å². The molecule has 0 spiro atoms. The van der Waals surface area contributed by atoms with Gasteiger partial charge in [0.05, 0.1) is 21.3 Å². The van der Waals surface area contributed by atoms with Crippen LogP contribution in [0.1, 0.15) is 124 Å². The Morgan fingerprint density at radius 3 is 1.80 bits per heavy atom. The highest BCUT2D eigenvalue weighted by Crippen LogP contribution is 2.47. The lowest BCUT2D eigenvalue weighted by molar-refractivity contribution is -0.141. The van der Waals surface area contributed by atoms with Crippen molar-refractivity contribution in [2.75, 3.05) is 21.3 Å². The molecule has 0 radical (unpaired) electrons. The number of hydrogen-bond donors (Lipinski definition) is 0. The zero-order chi connectivity index (χ0) is 28.3. The average molecular weight is 549 g/mol. The standard InChI is InChI=1S/C35H48O5/c1-38-32-24-26(13-11-19-34(37)40-3)23-31(35(32)28-16-8-5-9-17-28)30-22-25(12-10-18-33(36)39-2)20-21-29(30)27-14-6-4-7-15-27/h20-24,27-28H,4-19H2,1-3H3. The maximum Gasteiger partial charge on any atom is 0.305 e. The fraction of sp³-hybridized carbons (Fsp3) is 0.600. The van der Waals surface area contributed by atoms with Crippen molar-refractivity contribution in [2.45, 2.75) is 115 Å². The fourth-order valence-corrected chi connectivity index (χ4v) is 6.87. The number of carbonyl (C=O) groups excluding carboxylic acids is 2. The third-order valence-electron chi connectivity index (χ3n) is 9.04. The molecule has 2 saturated carbocycles. The van der Waals surface area contributed by atoms with Crippen molar-refractivity contribution in [2.24, 2.45) is 0 Å². The third-order valence-corrected chi connectivity index (χ3v) is 9.04. The first-order valence-corrected chi connectivity index (χ1v) is 15.5. The molecular formula is C35H48O5. The van der Waals surface area contributed by atoms with Gasteiger partial charge in [-0.3, -0.25) is 9.59 Å². The van der Waals surface area contributed by atoms with Crippen LogP contribution in [0, 0.1) is 0 Å². The molecular weight excluding hydrogens is 500 g/mol. The molecule has 218 valence electrons. The van der Waals surface area contributed by atoms with E-state index in [4.69, 9.17) is 14.2 Å². The van der Waals surface area contributed by atoms with Crippen molar-refractivity contribution in [3.05, 3.63) is 52.6 Å². The van der Waals surface area contributed by atoms with E-state index in [0.717, 1.165) is 31.4 Å². The minimum absolute atomic E-state index is 0.150. The largest absolute Gasteiger partial charge is 0.496 e. The lowest BCUT2D eigenvalue weighted by Crippen LogP contribution is -2.11. The number of aryl methyl sites for hydroxylation is 2. The Kier molecular flexibility index (Phi) is 11.5. The van der Waals surface area contributed by atoms with Crippen molar-refractivity contribution >= 4 is 11.9 Å². The number of carbonyl (C=O) groups is 2. The lowest BCUT2D eigenvalue weighted by Gasteiger charge is -2.30. The molecule has 2 aromatic rings. The van der Waals surface area contributed by atoms with Gasteiger partial charge in [-0.25, -0.2) is 0 Å². The molecule has 0 aromatic heterocycles. The second-order valence-electron chi connectivity index (χ2n) is 11.7. The Hall–Kier alpha value is -2.82. The van der Waals surface area contributed by atoms with Gasteiger partial charge in [-0.05, 0) is 97.1 Å². The predicted octanol–water partition coefficient (Wildman–Crippen LogP) is 8.45. The molecule has 2 aromatic carbocycles. The second kappa shape index (κ2) is 15.3. The van der Waals surface area contributed by atoms with Gasteiger partial charge in [0, 0.05) is 18.4 Å². The van der Waals surface area contributed by atoms with Crippen LogP contribution in [0.3, 0.4) is 0 Å². The Morgan fingerprint density at radius 2 is 1.23 bits per heavy atom. The molecule has 0 unspecified atom stereocenters. The summed E-state index contributed by atoms with van der Waals surface area (Å²) in [6.07, 6.45) is 16.7. The molecule has 0 heterocycles. The quantitative estimate of drug-likeness (QED) is 0.249. The van der Waals surface area contributed by atoms with Gasteiger partial charge in [-0.15, -0.1) is 0 Å². The first-order chi connectivity index (χ1) is 19.5. The summed E-state index contributed by atoms with van der Waals surface area (Å²) in [5.74, 6) is 1.74. The van der Waals surface area contributed by atoms with Crippen molar-refractivity contribution in [1.82, 2.24) is 0 Å². The molecule has 0 atom stereocenters. The van der Waals surface area contributed by atoms with E-state index in [2.05, 4.69) is 30.3 Å². The number of esters is 2.